The van der Waals surface area contributed by atoms with Crippen molar-refractivity contribution in [3.05, 3.63) is 47.0 Å². The SMILES string of the molecule is Cc1ccc(C[C@H](NC(=O)OC[C@@H]2CCCCCN2C(=O)/C(C#N)=C/C(C)(C)C)B(O)O)cc1. The molecular formula is C25H36BN3O5. The molecule has 34 heavy (non-hydrogen) atoms. The van der Waals surface area contributed by atoms with Crippen LogP contribution >= 0.6 is 0 Å². The highest BCUT2D eigenvalue weighted by Gasteiger charge is 2.31. The number of allylic oxidation sites excluding steroid dienone is 1. The maximum absolute atomic E-state index is 13.1. The second-order valence-corrected chi connectivity index (χ2v) is 9.99. The zero-order valence-corrected chi connectivity index (χ0v) is 20.6. The van der Waals surface area contributed by atoms with Crippen LogP contribution in [-0.4, -0.2) is 59.2 Å². The van der Waals surface area contributed by atoms with E-state index in [0.29, 0.717) is 13.0 Å². The van der Waals surface area contributed by atoms with Crippen LogP contribution in [-0.2, 0) is 16.0 Å². The summed E-state index contributed by atoms with van der Waals surface area (Å²) in [5.74, 6) is -1.29. The van der Waals surface area contributed by atoms with Crippen molar-refractivity contribution >= 4 is 19.1 Å². The molecule has 1 aromatic rings. The van der Waals surface area contributed by atoms with Crippen molar-refractivity contribution in [3.63, 3.8) is 0 Å². The number of hydrogen-bond donors (Lipinski definition) is 3. The number of alkyl carbamates (subject to hydrolysis) is 1. The van der Waals surface area contributed by atoms with E-state index in [2.05, 4.69) is 5.32 Å². The lowest BCUT2D eigenvalue weighted by atomic mass is 9.76. The number of aryl methyl sites for hydroxylation is 1. The monoisotopic (exact) mass is 469 g/mol. The highest BCUT2D eigenvalue weighted by Crippen LogP contribution is 2.23. The van der Waals surface area contributed by atoms with Crippen molar-refractivity contribution in [2.24, 2.45) is 5.41 Å². The Bertz CT molecular complexity index is 903. The van der Waals surface area contributed by atoms with Crippen LogP contribution in [0.25, 0.3) is 0 Å². The number of carbonyl (C=O) groups is 2. The van der Waals surface area contributed by atoms with Gasteiger partial charge in [0.1, 0.15) is 18.2 Å². The summed E-state index contributed by atoms with van der Waals surface area (Å²) in [6, 6.07) is 9.22. The third-order valence-electron chi connectivity index (χ3n) is 5.71. The van der Waals surface area contributed by atoms with Gasteiger partial charge in [0, 0.05) is 6.54 Å². The predicted molar refractivity (Wildman–Crippen MR) is 130 cm³/mol. The summed E-state index contributed by atoms with van der Waals surface area (Å²) >= 11 is 0. The third kappa shape index (κ3) is 8.84. The molecule has 1 aliphatic rings. The van der Waals surface area contributed by atoms with Crippen LogP contribution in [0.4, 0.5) is 4.79 Å². The number of rotatable bonds is 7. The minimum atomic E-state index is -1.76. The highest BCUT2D eigenvalue weighted by atomic mass is 16.5. The topological polar surface area (TPSA) is 123 Å². The Morgan fingerprint density at radius 2 is 1.94 bits per heavy atom. The Labute approximate surface area is 202 Å². The third-order valence-corrected chi connectivity index (χ3v) is 5.71. The Hall–Kier alpha value is -2.83. The Kier molecular flexibility index (Phi) is 10.1. The van der Waals surface area contributed by atoms with E-state index in [9.17, 15) is 24.9 Å². The molecule has 1 saturated heterocycles. The normalized spacial score (nSPS) is 17.9. The van der Waals surface area contributed by atoms with Crippen LogP contribution in [0.1, 0.15) is 57.6 Å². The lowest BCUT2D eigenvalue weighted by Crippen LogP contribution is -2.49. The van der Waals surface area contributed by atoms with Crippen molar-refractivity contribution in [2.45, 2.75) is 71.8 Å². The quantitative estimate of drug-likeness (QED) is 0.321. The first-order valence-corrected chi connectivity index (χ1v) is 11.8. The molecule has 9 heteroatoms. The van der Waals surface area contributed by atoms with E-state index in [0.717, 1.165) is 30.4 Å². The molecule has 184 valence electrons. The van der Waals surface area contributed by atoms with Crippen LogP contribution in [0.3, 0.4) is 0 Å². The maximum Gasteiger partial charge on any atom is 0.475 e. The summed E-state index contributed by atoms with van der Waals surface area (Å²) in [7, 11) is -1.76. The molecule has 1 aliphatic heterocycles. The number of likely N-dealkylation sites (tertiary alicyclic amines) is 1. The lowest BCUT2D eigenvalue weighted by Gasteiger charge is -2.30. The highest BCUT2D eigenvalue weighted by molar-refractivity contribution is 6.43. The summed E-state index contributed by atoms with van der Waals surface area (Å²) in [4.78, 5) is 27.2. The standard InChI is InChI=1S/C25H36BN3O5/c1-18-9-11-19(12-10-18)14-22(26(32)33)28-24(31)34-17-21-8-6-5-7-13-29(21)23(30)20(16-27)15-25(2,3)4/h9-12,15,21-22,32-33H,5-8,13-14,17H2,1-4H3,(H,28,31)/b20-15+/t21-,22-/m0/s1. The van der Waals surface area contributed by atoms with Crippen LogP contribution in [0.5, 0.6) is 0 Å². The molecule has 2 atom stereocenters. The van der Waals surface area contributed by atoms with Crippen LogP contribution in [0.15, 0.2) is 35.9 Å². The predicted octanol–water partition coefficient (Wildman–Crippen LogP) is 2.91. The molecule has 0 aromatic heterocycles. The Balaban J connectivity index is 2.04. The van der Waals surface area contributed by atoms with E-state index in [4.69, 9.17) is 4.74 Å². The second kappa shape index (κ2) is 12.6. The van der Waals surface area contributed by atoms with Crippen LogP contribution < -0.4 is 5.32 Å². The number of nitriles is 1. The summed E-state index contributed by atoms with van der Waals surface area (Å²) in [5, 5.41) is 31.5. The smallest absolute Gasteiger partial charge is 0.447 e. The van der Waals surface area contributed by atoms with Crippen LogP contribution in [0.2, 0.25) is 0 Å². The van der Waals surface area contributed by atoms with Crippen molar-refractivity contribution in [1.82, 2.24) is 10.2 Å². The van der Waals surface area contributed by atoms with E-state index in [1.165, 1.54) is 0 Å². The molecule has 2 rings (SSSR count). The van der Waals surface area contributed by atoms with Crippen molar-refractivity contribution in [1.29, 1.82) is 5.26 Å². The van der Waals surface area contributed by atoms with Gasteiger partial charge >= 0.3 is 13.2 Å². The Morgan fingerprint density at radius 3 is 2.53 bits per heavy atom. The van der Waals surface area contributed by atoms with Gasteiger partial charge in [-0.1, -0.05) is 69.5 Å². The van der Waals surface area contributed by atoms with Gasteiger partial charge in [0.25, 0.3) is 5.91 Å². The van der Waals surface area contributed by atoms with Crippen molar-refractivity contribution in [3.8, 4) is 6.07 Å². The number of benzene rings is 1. The average Bonchev–Trinajstić information content (AvgIpc) is 3.01. The van der Waals surface area contributed by atoms with Gasteiger partial charge in [-0.15, -0.1) is 0 Å². The molecule has 2 amide bonds. The van der Waals surface area contributed by atoms with E-state index >= 15 is 0 Å². The lowest BCUT2D eigenvalue weighted by molar-refractivity contribution is -0.129. The zero-order valence-electron chi connectivity index (χ0n) is 20.6. The molecule has 1 heterocycles. The number of nitrogens with zero attached hydrogens (tertiary/aromatic N) is 2. The first-order valence-electron chi connectivity index (χ1n) is 11.8. The van der Waals surface area contributed by atoms with Gasteiger partial charge in [-0.05, 0) is 37.2 Å². The van der Waals surface area contributed by atoms with Crippen molar-refractivity contribution < 1.29 is 24.4 Å². The molecule has 0 saturated carbocycles. The largest absolute Gasteiger partial charge is 0.475 e. The van der Waals surface area contributed by atoms with Gasteiger partial charge in [-0.25, -0.2) is 4.79 Å². The molecule has 8 nitrogen and oxygen atoms in total. The maximum atomic E-state index is 13.1. The van der Waals surface area contributed by atoms with E-state index in [1.54, 1.807) is 11.0 Å². The molecular weight excluding hydrogens is 433 g/mol. The van der Waals surface area contributed by atoms with E-state index < -0.39 is 19.2 Å². The van der Waals surface area contributed by atoms with Crippen molar-refractivity contribution in [2.75, 3.05) is 13.2 Å². The fourth-order valence-electron chi connectivity index (χ4n) is 3.92. The van der Waals surface area contributed by atoms with Gasteiger partial charge in [0.15, 0.2) is 0 Å². The Morgan fingerprint density at radius 1 is 1.26 bits per heavy atom. The number of amides is 2. The molecule has 1 aromatic carbocycles. The van der Waals surface area contributed by atoms with E-state index in [-0.39, 0.29) is 36.0 Å². The molecule has 0 spiro atoms. The minimum absolute atomic E-state index is 0.0371. The summed E-state index contributed by atoms with van der Waals surface area (Å²) in [6.45, 7) is 8.18. The molecule has 3 N–H and O–H groups in total. The summed E-state index contributed by atoms with van der Waals surface area (Å²) in [5.41, 5.74) is 1.69. The molecule has 0 radical (unpaired) electrons. The van der Waals surface area contributed by atoms with Gasteiger partial charge in [0.2, 0.25) is 0 Å². The fraction of sp³-hybridized carbons (Fsp3) is 0.560. The van der Waals surface area contributed by atoms with Gasteiger partial charge < -0.3 is 25.0 Å². The summed E-state index contributed by atoms with van der Waals surface area (Å²) < 4.78 is 5.40. The molecule has 0 aliphatic carbocycles. The number of carbonyl (C=O) groups excluding carboxylic acids is 2. The van der Waals surface area contributed by atoms with Gasteiger partial charge in [-0.2, -0.15) is 5.26 Å². The first kappa shape index (κ1) is 27.4. The molecule has 0 bridgehead atoms. The van der Waals surface area contributed by atoms with Gasteiger partial charge in [-0.3, -0.25) is 4.79 Å². The molecule has 0 unspecified atom stereocenters. The van der Waals surface area contributed by atoms with Gasteiger partial charge in [0.05, 0.1) is 12.0 Å². The van der Waals surface area contributed by atoms with Crippen LogP contribution in [0, 0.1) is 23.7 Å². The average molecular weight is 469 g/mol. The minimum Gasteiger partial charge on any atom is -0.447 e. The molecule has 1 fully saturated rings. The zero-order chi connectivity index (χ0) is 25.3. The number of ether oxygens (including phenoxy) is 1. The second-order valence-electron chi connectivity index (χ2n) is 9.99. The number of hydrogen-bond acceptors (Lipinski definition) is 6. The fourth-order valence-corrected chi connectivity index (χ4v) is 3.92. The van der Waals surface area contributed by atoms with E-state index in [1.807, 2.05) is 58.0 Å². The number of nitrogens with one attached hydrogen (secondary N) is 1. The summed E-state index contributed by atoms with van der Waals surface area (Å²) in [6.07, 6.45) is 4.42. The first-order chi connectivity index (χ1) is 16.0.